The molecule has 114 valence electrons. The van der Waals surface area contributed by atoms with Crippen LogP contribution >= 0.6 is 0 Å². The Morgan fingerprint density at radius 1 is 1.27 bits per heavy atom. The average Bonchev–Trinajstić information content (AvgIpc) is 2.55. The Labute approximate surface area is 130 Å². The van der Waals surface area contributed by atoms with E-state index in [0.29, 0.717) is 11.4 Å². The summed E-state index contributed by atoms with van der Waals surface area (Å²) >= 11 is 0. The first kappa shape index (κ1) is 14.4. The van der Waals surface area contributed by atoms with E-state index in [2.05, 4.69) is 10.6 Å². The third-order valence-corrected chi connectivity index (χ3v) is 3.94. The number of hydrogen-bond acceptors (Lipinski definition) is 3. The number of carbonyl (C=O) groups excluding carboxylic acids is 1. The van der Waals surface area contributed by atoms with E-state index in [1.807, 2.05) is 43.3 Å². The number of aryl methyl sites for hydroxylation is 1. The molecule has 0 atom stereocenters. The van der Waals surface area contributed by atoms with E-state index in [1.165, 1.54) is 0 Å². The van der Waals surface area contributed by atoms with Crippen LogP contribution in [-0.4, -0.2) is 19.6 Å². The van der Waals surface area contributed by atoms with E-state index in [1.54, 1.807) is 7.11 Å². The van der Waals surface area contributed by atoms with Crippen LogP contribution in [0.5, 0.6) is 5.75 Å². The van der Waals surface area contributed by atoms with Gasteiger partial charge in [0.05, 0.1) is 12.8 Å². The van der Waals surface area contributed by atoms with Gasteiger partial charge in [0.15, 0.2) is 0 Å². The van der Waals surface area contributed by atoms with Crippen LogP contribution < -0.4 is 15.4 Å². The quantitative estimate of drug-likeness (QED) is 0.909. The van der Waals surface area contributed by atoms with Gasteiger partial charge in [-0.15, -0.1) is 0 Å². The number of rotatable bonds is 3. The maximum atomic E-state index is 12.6. The third kappa shape index (κ3) is 2.77. The molecule has 0 saturated carbocycles. The van der Waals surface area contributed by atoms with Gasteiger partial charge >= 0.3 is 0 Å². The molecule has 3 rings (SSSR count). The van der Waals surface area contributed by atoms with Crippen molar-refractivity contribution in [3.05, 3.63) is 53.1 Å². The maximum Gasteiger partial charge on any atom is 0.256 e. The van der Waals surface area contributed by atoms with Gasteiger partial charge in [-0.05, 0) is 55.2 Å². The molecule has 1 heterocycles. The Balaban J connectivity index is 1.90. The van der Waals surface area contributed by atoms with Gasteiger partial charge in [0, 0.05) is 17.8 Å². The number of methoxy groups -OCH3 is 1. The number of hydrogen-bond donors (Lipinski definition) is 2. The number of benzene rings is 2. The molecule has 2 aromatic carbocycles. The highest BCUT2D eigenvalue weighted by molar-refractivity contribution is 6.07. The highest BCUT2D eigenvalue weighted by atomic mass is 16.5. The summed E-state index contributed by atoms with van der Waals surface area (Å²) in [6, 6.07) is 11.6. The molecule has 2 N–H and O–H groups in total. The lowest BCUT2D eigenvalue weighted by Crippen LogP contribution is -2.19. The minimum absolute atomic E-state index is 0.0947. The molecule has 0 spiro atoms. The molecule has 0 fully saturated rings. The molecule has 2 aromatic rings. The van der Waals surface area contributed by atoms with Crippen molar-refractivity contribution in [2.45, 2.75) is 19.8 Å². The van der Waals surface area contributed by atoms with Crippen molar-refractivity contribution in [1.82, 2.24) is 0 Å². The number of fused-ring (bicyclic) bond motifs is 1. The Morgan fingerprint density at radius 2 is 2.14 bits per heavy atom. The van der Waals surface area contributed by atoms with Crippen LogP contribution in [-0.2, 0) is 6.42 Å². The molecule has 4 heteroatoms. The van der Waals surface area contributed by atoms with Gasteiger partial charge in [0.25, 0.3) is 5.91 Å². The van der Waals surface area contributed by atoms with Crippen molar-refractivity contribution in [3.8, 4) is 5.75 Å². The highest BCUT2D eigenvalue weighted by Gasteiger charge is 2.18. The lowest BCUT2D eigenvalue weighted by molar-refractivity contribution is 0.102. The van der Waals surface area contributed by atoms with E-state index >= 15 is 0 Å². The molecule has 0 radical (unpaired) electrons. The van der Waals surface area contributed by atoms with Crippen LogP contribution in [0.4, 0.5) is 11.4 Å². The van der Waals surface area contributed by atoms with E-state index in [-0.39, 0.29) is 5.91 Å². The number of anilines is 2. The third-order valence-electron chi connectivity index (χ3n) is 3.94. The fourth-order valence-corrected chi connectivity index (χ4v) is 2.81. The second-order valence-electron chi connectivity index (χ2n) is 5.52. The van der Waals surface area contributed by atoms with Crippen LogP contribution in [0.15, 0.2) is 36.4 Å². The van der Waals surface area contributed by atoms with Gasteiger partial charge < -0.3 is 15.4 Å². The van der Waals surface area contributed by atoms with Gasteiger partial charge in [0.1, 0.15) is 5.75 Å². The molecule has 1 aliphatic heterocycles. The zero-order valence-corrected chi connectivity index (χ0v) is 12.9. The second kappa shape index (κ2) is 6.10. The van der Waals surface area contributed by atoms with Crippen LogP contribution in [0.25, 0.3) is 0 Å². The predicted octanol–water partition coefficient (Wildman–Crippen LogP) is 3.61. The SMILES string of the molecule is COc1cc(C)ccc1NC(=O)c1cccc2c1CCCN2. The minimum atomic E-state index is -0.0947. The van der Waals surface area contributed by atoms with Crippen LogP contribution in [0, 0.1) is 6.92 Å². The van der Waals surface area contributed by atoms with Gasteiger partial charge in [-0.1, -0.05) is 12.1 Å². The molecule has 0 aromatic heterocycles. The zero-order valence-electron chi connectivity index (χ0n) is 12.9. The second-order valence-corrected chi connectivity index (χ2v) is 5.52. The topological polar surface area (TPSA) is 50.4 Å². The van der Waals surface area contributed by atoms with Gasteiger partial charge in [-0.25, -0.2) is 0 Å². The van der Waals surface area contributed by atoms with Gasteiger partial charge in [0.2, 0.25) is 0 Å². The first-order chi connectivity index (χ1) is 10.7. The monoisotopic (exact) mass is 296 g/mol. The number of carbonyl (C=O) groups is 1. The molecule has 1 amide bonds. The van der Waals surface area contributed by atoms with Crippen molar-refractivity contribution in [2.24, 2.45) is 0 Å². The van der Waals surface area contributed by atoms with Crippen LogP contribution in [0.2, 0.25) is 0 Å². The summed E-state index contributed by atoms with van der Waals surface area (Å²) in [5.41, 5.74) is 4.68. The molecule has 1 aliphatic rings. The molecule has 22 heavy (non-hydrogen) atoms. The maximum absolute atomic E-state index is 12.6. The Bertz CT molecular complexity index is 710. The standard InChI is InChI=1S/C18H20N2O2/c1-12-8-9-16(17(11-12)22-2)20-18(21)14-5-3-7-15-13(14)6-4-10-19-15/h3,5,7-9,11,19H,4,6,10H2,1-2H3,(H,20,21). The van der Waals surface area contributed by atoms with Gasteiger partial charge in [-0.2, -0.15) is 0 Å². The summed E-state index contributed by atoms with van der Waals surface area (Å²) in [4.78, 5) is 12.6. The molecule has 0 bridgehead atoms. The van der Waals surface area contributed by atoms with Crippen LogP contribution in [0.3, 0.4) is 0 Å². The minimum Gasteiger partial charge on any atom is -0.495 e. The molecule has 0 unspecified atom stereocenters. The van der Waals surface area contributed by atoms with Crippen molar-refractivity contribution in [1.29, 1.82) is 0 Å². The fourth-order valence-electron chi connectivity index (χ4n) is 2.81. The molecule has 0 saturated heterocycles. The largest absolute Gasteiger partial charge is 0.495 e. The summed E-state index contributed by atoms with van der Waals surface area (Å²) in [5, 5.41) is 6.31. The highest BCUT2D eigenvalue weighted by Crippen LogP contribution is 2.29. The number of amides is 1. The van der Waals surface area contributed by atoms with Crippen molar-refractivity contribution >= 4 is 17.3 Å². The Kier molecular flexibility index (Phi) is 4.00. The summed E-state index contributed by atoms with van der Waals surface area (Å²) in [6.45, 7) is 2.96. The fraction of sp³-hybridized carbons (Fsp3) is 0.278. The average molecular weight is 296 g/mol. The number of ether oxygens (including phenoxy) is 1. The first-order valence-corrected chi connectivity index (χ1v) is 7.51. The summed E-state index contributed by atoms with van der Waals surface area (Å²) in [7, 11) is 1.61. The lowest BCUT2D eigenvalue weighted by atomic mass is 9.97. The zero-order chi connectivity index (χ0) is 15.5. The first-order valence-electron chi connectivity index (χ1n) is 7.51. The summed E-state index contributed by atoms with van der Waals surface area (Å²) in [5.74, 6) is 0.582. The van der Waals surface area contributed by atoms with Crippen LogP contribution in [0.1, 0.15) is 27.9 Å². The smallest absolute Gasteiger partial charge is 0.256 e. The van der Waals surface area contributed by atoms with E-state index < -0.39 is 0 Å². The Hall–Kier alpha value is -2.49. The van der Waals surface area contributed by atoms with Gasteiger partial charge in [-0.3, -0.25) is 4.79 Å². The summed E-state index contributed by atoms with van der Waals surface area (Å²) < 4.78 is 5.35. The molecule has 4 nitrogen and oxygen atoms in total. The van der Waals surface area contributed by atoms with E-state index in [0.717, 1.165) is 41.8 Å². The molecule has 0 aliphatic carbocycles. The lowest BCUT2D eigenvalue weighted by Gasteiger charge is -2.20. The number of nitrogens with one attached hydrogen (secondary N) is 2. The van der Waals surface area contributed by atoms with Crippen molar-refractivity contribution in [2.75, 3.05) is 24.3 Å². The Morgan fingerprint density at radius 3 is 2.95 bits per heavy atom. The van der Waals surface area contributed by atoms with E-state index in [9.17, 15) is 4.79 Å². The summed E-state index contributed by atoms with van der Waals surface area (Å²) in [6.07, 6.45) is 1.97. The van der Waals surface area contributed by atoms with Crippen molar-refractivity contribution in [3.63, 3.8) is 0 Å². The van der Waals surface area contributed by atoms with Crippen molar-refractivity contribution < 1.29 is 9.53 Å². The molecular weight excluding hydrogens is 276 g/mol. The van der Waals surface area contributed by atoms with E-state index in [4.69, 9.17) is 4.74 Å². The predicted molar refractivity (Wildman–Crippen MR) is 88.9 cm³/mol. The molecular formula is C18H20N2O2. The normalized spacial score (nSPS) is 13.0.